The van der Waals surface area contributed by atoms with Crippen LogP contribution in [0.5, 0.6) is 5.75 Å². The first-order valence-electron chi connectivity index (χ1n) is 4.70. The van der Waals surface area contributed by atoms with Gasteiger partial charge in [-0.05, 0) is 43.5 Å². The van der Waals surface area contributed by atoms with Crippen molar-refractivity contribution in [2.24, 2.45) is 0 Å². The Kier molecular flexibility index (Phi) is 3.18. The number of anilines is 1. The maximum atomic E-state index is 5.74. The van der Waals surface area contributed by atoms with Crippen molar-refractivity contribution in [2.75, 3.05) is 12.3 Å². The van der Waals surface area contributed by atoms with Crippen LogP contribution < -0.4 is 10.5 Å². The first kappa shape index (κ1) is 9.90. The quantitative estimate of drug-likeness (QED) is 0.724. The number of benzene rings is 1. The summed E-state index contributed by atoms with van der Waals surface area (Å²) in [6, 6.07) is 3.93. The Morgan fingerprint density at radius 3 is 2.54 bits per heavy atom. The highest BCUT2D eigenvalue weighted by Crippen LogP contribution is 2.26. The third kappa shape index (κ3) is 2.14. The van der Waals surface area contributed by atoms with Gasteiger partial charge in [-0.2, -0.15) is 0 Å². The summed E-state index contributed by atoms with van der Waals surface area (Å²) in [4.78, 5) is 0. The van der Waals surface area contributed by atoms with Gasteiger partial charge in [0.2, 0.25) is 0 Å². The summed E-state index contributed by atoms with van der Waals surface area (Å²) in [5.41, 5.74) is 8.88. The largest absolute Gasteiger partial charge is 0.493 e. The van der Waals surface area contributed by atoms with Gasteiger partial charge in [0, 0.05) is 5.69 Å². The minimum Gasteiger partial charge on any atom is -0.493 e. The van der Waals surface area contributed by atoms with Crippen LogP contribution in [0.4, 0.5) is 5.69 Å². The number of aryl methyl sites for hydroxylation is 2. The second-order valence-electron chi connectivity index (χ2n) is 3.11. The molecule has 1 rings (SSSR count). The number of ether oxygens (including phenoxy) is 1. The molecule has 0 bridgehead atoms. The van der Waals surface area contributed by atoms with E-state index in [0.29, 0.717) is 6.61 Å². The second-order valence-corrected chi connectivity index (χ2v) is 3.11. The number of hydrogen-bond donors (Lipinski definition) is 1. The SMILES string of the molecule is CCOc1c(C)cc(N)cc1CC. The second kappa shape index (κ2) is 4.17. The van der Waals surface area contributed by atoms with Crippen molar-refractivity contribution in [1.82, 2.24) is 0 Å². The molecule has 0 unspecified atom stereocenters. The summed E-state index contributed by atoms with van der Waals surface area (Å²) in [7, 11) is 0. The summed E-state index contributed by atoms with van der Waals surface area (Å²) >= 11 is 0. The smallest absolute Gasteiger partial charge is 0.125 e. The lowest BCUT2D eigenvalue weighted by Crippen LogP contribution is -2.00. The van der Waals surface area contributed by atoms with Gasteiger partial charge in [-0.25, -0.2) is 0 Å². The Labute approximate surface area is 79.7 Å². The van der Waals surface area contributed by atoms with Gasteiger partial charge >= 0.3 is 0 Å². The van der Waals surface area contributed by atoms with E-state index in [1.54, 1.807) is 0 Å². The molecule has 0 radical (unpaired) electrons. The summed E-state index contributed by atoms with van der Waals surface area (Å²) in [5, 5.41) is 0. The Morgan fingerprint density at radius 2 is 2.00 bits per heavy atom. The van der Waals surface area contributed by atoms with Crippen LogP contribution in [0.2, 0.25) is 0 Å². The fourth-order valence-electron chi connectivity index (χ4n) is 1.49. The van der Waals surface area contributed by atoms with Gasteiger partial charge in [-0.15, -0.1) is 0 Å². The van der Waals surface area contributed by atoms with Gasteiger partial charge in [-0.1, -0.05) is 6.92 Å². The molecular formula is C11H17NO. The van der Waals surface area contributed by atoms with Gasteiger partial charge in [0.15, 0.2) is 0 Å². The normalized spacial score (nSPS) is 10.1. The van der Waals surface area contributed by atoms with Crippen LogP contribution in [-0.4, -0.2) is 6.61 Å². The maximum Gasteiger partial charge on any atom is 0.125 e. The van der Waals surface area contributed by atoms with E-state index < -0.39 is 0 Å². The third-order valence-electron chi connectivity index (χ3n) is 2.04. The van der Waals surface area contributed by atoms with Crippen molar-refractivity contribution in [3.8, 4) is 5.75 Å². The number of hydrogen-bond acceptors (Lipinski definition) is 2. The molecule has 0 aromatic heterocycles. The van der Waals surface area contributed by atoms with E-state index >= 15 is 0 Å². The Hall–Kier alpha value is -1.18. The van der Waals surface area contributed by atoms with Gasteiger partial charge in [0.05, 0.1) is 6.61 Å². The van der Waals surface area contributed by atoms with Gasteiger partial charge in [0.25, 0.3) is 0 Å². The maximum absolute atomic E-state index is 5.74. The molecule has 0 heterocycles. The lowest BCUT2D eigenvalue weighted by molar-refractivity contribution is 0.334. The molecule has 0 saturated heterocycles. The van der Waals surface area contributed by atoms with Crippen molar-refractivity contribution in [3.05, 3.63) is 23.3 Å². The van der Waals surface area contributed by atoms with E-state index in [-0.39, 0.29) is 0 Å². The summed E-state index contributed by atoms with van der Waals surface area (Å²) in [6.07, 6.45) is 0.960. The molecule has 1 aromatic rings. The van der Waals surface area contributed by atoms with E-state index in [2.05, 4.69) is 6.92 Å². The molecule has 0 spiro atoms. The standard InChI is InChI=1S/C11H17NO/c1-4-9-7-10(12)6-8(3)11(9)13-5-2/h6-7H,4-5,12H2,1-3H3. The zero-order chi connectivity index (χ0) is 9.84. The van der Waals surface area contributed by atoms with E-state index in [1.807, 2.05) is 26.0 Å². The van der Waals surface area contributed by atoms with Crippen LogP contribution >= 0.6 is 0 Å². The minimum absolute atomic E-state index is 0.706. The average molecular weight is 179 g/mol. The van der Waals surface area contributed by atoms with Crippen molar-refractivity contribution >= 4 is 5.69 Å². The summed E-state index contributed by atoms with van der Waals surface area (Å²) in [6.45, 7) is 6.84. The highest BCUT2D eigenvalue weighted by Gasteiger charge is 2.05. The summed E-state index contributed by atoms with van der Waals surface area (Å²) < 4.78 is 5.56. The first-order chi connectivity index (χ1) is 6.19. The average Bonchev–Trinajstić information content (AvgIpc) is 2.09. The molecule has 0 aliphatic rings. The van der Waals surface area contributed by atoms with Crippen LogP contribution in [0, 0.1) is 6.92 Å². The molecule has 0 fully saturated rings. The van der Waals surface area contributed by atoms with Crippen LogP contribution in [-0.2, 0) is 6.42 Å². The van der Waals surface area contributed by atoms with Crippen molar-refractivity contribution in [1.29, 1.82) is 0 Å². The molecule has 13 heavy (non-hydrogen) atoms. The lowest BCUT2D eigenvalue weighted by atomic mass is 10.1. The van der Waals surface area contributed by atoms with E-state index in [9.17, 15) is 0 Å². The highest BCUT2D eigenvalue weighted by molar-refractivity contribution is 5.52. The van der Waals surface area contributed by atoms with Crippen molar-refractivity contribution < 1.29 is 4.74 Å². The molecule has 2 nitrogen and oxygen atoms in total. The Bertz CT molecular complexity index is 294. The van der Waals surface area contributed by atoms with Crippen LogP contribution in [0.15, 0.2) is 12.1 Å². The number of nitrogen functional groups attached to an aromatic ring is 1. The molecule has 1 aromatic carbocycles. The zero-order valence-electron chi connectivity index (χ0n) is 8.55. The first-order valence-corrected chi connectivity index (χ1v) is 4.70. The van der Waals surface area contributed by atoms with Crippen LogP contribution in [0.3, 0.4) is 0 Å². The minimum atomic E-state index is 0.706. The molecule has 0 amide bonds. The van der Waals surface area contributed by atoms with E-state index in [4.69, 9.17) is 10.5 Å². The monoisotopic (exact) mass is 179 g/mol. The number of nitrogens with two attached hydrogens (primary N) is 1. The van der Waals surface area contributed by atoms with Gasteiger partial charge in [-0.3, -0.25) is 0 Å². The molecule has 2 N–H and O–H groups in total. The van der Waals surface area contributed by atoms with Gasteiger partial charge < -0.3 is 10.5 Å². The van der Waals surface area contributed by atoms with Gasteiger partial charge in [0.1, 0.15) is 5.75 Å². The van der Waals surface area contributed by atoms with Crippen molar-refractivity contribution in [2.45, 2.75) is 27.2 Å². The van der Waals surface area contributed by atoms with E-state index in [1.165, 1.54) is 5.56 Å². The topological polar surface area (TPSA) is 35.2 Å². The molecular weight excluding hydrogens is 162 g/mol. The molecule has 0 saturated carbocycles. The van der Waals surface area contributed by atoms with Crippen molar-refractivity contribution in [3.63, 3.8) is 0 Å². The summed E-state index contributed by atoms with van der Waals surface area (Å²) in [5.74, 6) is 0.999. The molecule has 0 aliphatic carbocycles. The fourth-order valence-corrected chi connectivity index (χ4v) is 1.49. The third-order valence-corrected chi connectivity index (χ3v) is 2.04. The molecule has 2 heteroatoms. The predicted octanol–water partition coefficient (Wildman–Crippen LogP) is 2.54. The predicted molar refractivity (Wildman–Crippen MR) is 56.1 cm³/mol. The van der Waals surface area contributed by atoms with E-state index in [0.717, 1.165) is 23.4 Å². The fraction of sp³-hybridized carbons (Fsp3) is 0.455. The lowest BCUT2D eigenvalue weighted by Gasteiger charge is -2.12. The molecule has 72 valence electrons. The molecule has 0 atom stereocenters. The highest BCUT2D eigenvalue weighted by atomic mass is 16.5. The Morgan fingerprint density at radius 1 is 1.31 bits per heavy atom. The Balaban J connectivity index is 3.13. The number of rotatable bonds is 3. The zero-order valence-corrected chi connectivity index (χ0v) is 8.55. The van der Waals surface area contributed by atoms with Crippen LogP contribution in [0.25, 0.3) is 0 Å². The molecule has 0 aliphatic heterocycles. The van der Waals surface area contributed by atoms with Crippen LogP contribution in [0.1, 0.15) is 25.0 Å².